The van der Waals surface area contributed by atoms with E-state index in [9.17, 15) is 9.90 Å². The Labute approximate surface area is 206 Å². The molecule has 188 valence electrons. The van der Waals surface area contributed by atoms with Gasteiger partial charge >= 0.3 is 0 Å². The maximum atomic E-state index is 12.2. The number of ketones is 1. The van der Waals surface area contributed by atoms with Gasteiger partial charge in [0.2, 0.25) is 0 Å². The predicted octanol–water partition coefficient (Wildman–Crippen LogP) is 6.98. The van der Waals surface area contributed by atoms with Crippen molar-refractivity contribution in [3.63, 3.8) is 0 Å². The van der Waals surface area contributed by atoms with E-state index in [0.29, 0.717) is 30.6 Å². The zero-order valence-corrected chi connectivity index (χ0v) is 21.4. The minimum absolute atomic E-state index is 0.0281. The molecule has 3 nitrogen and oxygen atoms in total. The van der Waals surface area contributed by atoms with Crippen LogP contribution in [0, 0.1) is 22.7 Å². The number of unbranched alkanes of at least 4 members (excludes halogenated alkanes) is 8. The predicted molar refractivity (Wildman–Crippen MR) is 137 cm³/mol. The summed E-state index contributed by atoms with van der Waals surface area (Å²) in [6.45, 7) is 2.74. The summed E-state index contributed by atoms with van der Waals surface area (Å²) < 4.78 is 0. The van der Waals surface area contributed by atoms with E-state index in [1.807, 2.05) is 6.08 Å². The molecule has 34 heavy (non-hydrogen) atoms. The molecule has 0 radical (unpaired) electrons. The summed E-state index contributed by atoms with van der Waals surface area (Å²) in [6, 6.07) is 0. The smallest absolute Gasteiger partial charge is 0.156 e. The molecule has 0 amide bonds. The Kier molecular flexibility index (Phi) is 6.99. The third kappa shape index (κ3) is 3.90. The third-order valence-corrected chi connectivity index (χ3v) is 10.8. The highest BCUT2D eigenvalue weighted by atomic mass is 16.3. The molecule has 0 spiro atoms. The SMILES string of the molecule is C[C@]12C[C@H](CCCCCCCCCCCO)C3=C4CCC(=O)C=C4CC[C@H]3[C@@]13C=CC2(O)CC3. The van der Waals surface area contributed by atoms with Gasteiger partial charge in [0.25, 0.3) is 0 Å². The van der Waals surface area contributed by atoms with Gasteiger partial charge in [-0.15, -0.1) is 0 Å². The van der Waals surface area contributed by atoms with Crippen LogP contribution in [0.25, 0.3) is 0 Å². The van der Waals surface area contributed by atoms with E-state index >= 15 is 0 Å². The number of aliphatic hydroxyl groups excluding tert-OH is 1. The lowest BCUT2D eigenvalue weighted by molar-refractivity contribution is -0.114. The van der Waals surface area contributed by atoms with Crippen molar-refractivity contribution in [2.24, 2.45) is 22.7 Å². The van der Waals surface area contributed by atoms with E-state index in [-0.39, 0.29) is 10.8 Å². The summed E-state index contributed by atoms with van der Waals surface area (Å²) in [5, 5.41) is 20.5. The Balaban J connectivity index is 1.27. The van der Waals surface area contributed by atoms with Gasteiger partial charge in [-0.3, -0.25) is 4.79 Å². The molecule has 1 unspecified atom stereocenters. The minimum atomic E-state index is -0.615. The lowest BCUT2D eigenvalue weighted by atomic mass is 9.47. The van der Waals surface area contributed by atoms with Crippen LogP contribution >= 0.6 is 0 Å². The fraction of sp³-hybridized carbons (Fsp3) is 0.774. The first-order valence-electron chi connectivity index (χ1n) is 14.4. The second-order valence-electron chi connectivity index (χ2n) is 12.4. The van der Waals surface area contributed by atoms with Gasteiger partial charge < -0.3 is 10.2 Å². The summed E-state index contributed by atoms with van der Waals surface area (Å²) in [6.07, 6.45) is 26.1. The van der Waals surface area contributed by atoms with Crippen LogP contribution in [0.4, 0.5) is 0 Å². The summed E-state index contributed by atoms with van der Waals surface area (Å²) in [5.74, 6) is 1.45. The molecule has 0 heterocycles. The molecule has 2 N–H and O–H groups in total. The third-order valence-electron chi connectivity index (χ3n) is 10.8. The lowest BCUT2D eigenvalue weighted by Gasteiger charge is -2.57. The van der Waals surface area contributed by atoms with Gasteiger partial charge in [-0.05, 0) is 80.4 Å². The zero-order chi connectivity index (χ0) is 23.8. The molecular formula is C31H46O3. The van der Waals surface area contributed by atoms with E-state index in [0.717, 1.165) is 44.9 Å². The Morgan fingerprint density at radius 3 is 2.29 bits per heavy atom. The van der Waals surface area contributed by atoms with Crippen molar-refractivity contribution in [3.05, 3.63) is 34.9 Å². The van der Waals surface area contributed by atoms with E-state index in [2.05, 4.69) is 19.1 Å². The number of rotatable bonds is 11. The van der Waals surface area contributed by atoms with Crippen LogP contribution in [0.2, 0.25) is 0 Å². The maximum absolute atomic E-state index is 12.2. The summed E-state index contributed by atoms with van der Waals surface area (Å²) in [7, 11) is 0. The number of aliphatic hydroxyl groups is 2. The average Bonchev–Trinajstić information content (AvgIpc) is 3.20. The van der Waals surface area contributed by atoms with Crippen LogP contribution in [0.15, 0.2) is 34.9 Å². The highest BCUT2D eigenvalue weighted by molar-refractivity contribution is 5.93. The first-order valence-corrected chi connectivity index (χ1v) is 14.4. The molecule has 0 saturated heterocycles. The first kappa shape index (κ1) is 24.5. The van der Waals surface area contributed by atoms with Gasteiger partial charge in [0.05, 0.1) is 5.60 Å². The Hall–Kier alpha value is -1.19. The molecule has 5 aliphatic carbocycles. The molecule has 5 aliphatic rings. The van der Waals surface area contributed by atoms with E-state index in [4.69, 9.17) is 5.11 Å². The number of hydrogen-bond acceptors (Lipinski definition) is 3. The topological polar surface area (TPSA) is 57.5 Å². The van der Waals surface area contributed by atoms with Crippen LogP contribution in [0.5, 0.6) is 0 Å². The number of carbonyl (C=O) groups excluding carboxylic acids is 1. The minimum Gasteiger partial charge on any atom is -0.396 e. The molecular weight excluding hydrogens is 420 g/mol. The lowest BCUT2D eigenvalue weighted by Crippen LogP contribution is -2.53. The van der Waals surface area contributed by atoms with E-state index in [1.54, 1.807) is 11.1 Å². The molecule has 0 aromatic rings. The molecule has 2 saturated carbocycles. The van der Waals surface area contributed by atoms with Crippen LogP contribution in [0.1, 0.15) is 116 Å². The fourth-order valence-corrected chi connectivity index (χ4v) is 8.86. The molecule has 5 rings (SSSR count). The zero-order valence-electron chi connectivity index (χ0n) is 21.4. The first-order chi connectivity index (χ1) is 16.4. The maximum Gasteiger partial charge on any atom is 0.156 e. The van der Waals surface area contributed by atoms with Crippen molar-refractivity contribution in [1.82, 2.24) is 0 Å². The molecule has 0 aromatic heterocycles. The standard InChI is InChI=1S/C31H46O3/c1-29-22-24(11-9-7-5-3-2-4-6-8-10-20-32)28-26-14-13-25(33)21-23(26)12-15-27(28)30(29)16-18-31(29,34)19-17-30/h16,18,21,24,27,32,34H,2-15,17,19-20,22H2,1H3/t24-,27+,29-,30-,31?/m0/s1. The normalized spacial score (nSPS) is 38.1. The largest absolute Gasteiger partial charge is 0.396 e. The summed E-state index contributed by atoms with van der Waals surface area (Å²) >= 11 is 0. The molecule has 0 aromatic carbocycles. The van der Waals surface area contributed by atoms with Crippen molar-refractivity contribution in [3.8, 4) is 0 Å². The average molecular weight is 467 g/mol. The molecule has 2 bridgehead atoms. The second-order valence-corrected chi connectivity index (χ2v) is 12.4. The summed E-state index contributed by atoms with van der Waals surface area (Å²) in [5.41, 5.74) is 4.10. The van der Waals surface area contributed by atoms with Gasteiger partial charge in [-0.1, -0.05) is 76.0 Å². The highest BCUT2D eigenvalue weighted by Crippen LogP contribution is 2.75. The van der Waals surface area contributed by atoms with Crippen LogP contribution < -0.4 is 0 Å². The summed E-state index contributed by atoms with van der Waals surface area (Å²) in [4.78, 5) is 12.2. The Morgan fingerprint density at radius 1 is 0.912 bits per heavy atom. The molecule has 0 aliphatic heterocycles. The quantitative estimate of drug-likeness (QED) is 0.255. The molecule has 2 fully saturated rings. The van der Waals surface area contributed by atoms with E-state index in [1.165, 1.54) is 63.4 Å². The number of allylic oxidation sites excluding steroid dienone is 5. The van der Waals surface area contributed by atoms with Gasteiger partial charge in [0.15, 0.2) is 5.78 Å². The molecule has 5 atom stereocenters. The van der Waals surface area contributed by atoms with Crippen molar-refractivity contribution in [1.29, 1.82) is 0 Å². The monoisotopic (exact) mass is 466 g/mol. The number of hydrogen-bond donors (Lipinski definition) is 2. The van der Waals surface area contributed by atoms with Crippen LogP contribution in [-0.4, -0.2) is 28.2 Å². The number of carbonyl (C=O) groups is 1. The van der Waals surface area contributed by atoms with Gasteiger partial charge in [-0.25, -0.2) is 0 Å². The fourth-order valence-electron chi connectivity index (χ4n) is 8.86. The van der Waals surface area contributed by atoms with Crippen molar-refractivity contribution in [2.75, 3.05) is 6.61 Å². The van der Waals surface area contributed by atoms with Crippen molar-refractivity contribution in [2.45, 2.75) is 122 Å². The Bertz CT molecular complexity index is 881. The van der Waals surface area contributed by atoms with Crippen molar-refractivity contribution >= 4 is 5.78 Å². The van der Waals surface area contributed by atoms with Crippen molar-refractivity contribution < 1.29 is 15.0 Å². The number of fused-ring (bicyclic) bond motifs is 2. The van der Waals surface area contributed by atoms with Crippen LogP contribution in [-0.2, 0) is 4.79 Å². The Morgan fingerprint density at radius 2 is 1.62 bits per heavy atom. The highest BCUT2D eigenvalue weighted by Gasteiger charge is 2.71. The van der Waals surface area contributed by atoms with Gasteiger partial charge in [-0.2, -0.15) is 0 Å². The second kappa shape index (κ2) is 9.69. The van der Waals surface area contributed by atoms with Gasteiger partial charge in [0, 0.05) is 23.9 Å². The van der Waals surface area contributed by atoms with Gasteiger partial charge in [0.1, 0.15) is 0 Å². The molecule has 3 heteroatoms. The van der Waals surface area contributed by atoms with E-state index < -0.39 is 5.60 Å². The van der Waals surface area contributed by atoms with Crippen LogP contribution in [0.3, 0.4) is 0 Å².